The monoisotopic (exact) mass is 610 g/mol. The van der Waals surface area contributed by atoms with Crippen LogP contribution in [0.15, 0.2) is 71.4 Å². The summed E-state index contributed by atoms with van der Waals surface area (Å²) in [5.41, 5.74) is 2.60. The molecule has 1 unspecified atom stereocenters. The number of Topliss-reactive ketones (excluding diaryl/α,β-unsaturated/α-hetero) is 1. The zero-order valence-corrected chi connectivity index (χ0v) is 24.5. The van der Waals surface area contributed by atoms with Gasteiger partial charge >= 0.3 is 0 Å². The molecule has 0 spiro atoms. The molecule has 0 amide bonds. The van der Waals surface area contributed by atoms with Gasteiger partial charge in [0.15, 0.2) is 17.4 Å². The second-order valence-corrected chi connectivity index (χ2v) is 13.1. The Labute approximate surface area is 243 Å². The summed E-state index contributed by atoms with van der Waals surface area (Å²) in [6.45, 7) is 1.77. The van der Waals surface area contributed by atoms with Crippen LogP contribution in [0.25, 0.3) is 11.8 Å². The van der Waals surface area contributed by atoms with E-state index in [1.165, 1.54) is 12.1 Å². The predicted molar refractivity (Wildman–Crippen MR) is 155 cm³/mol. The van der Waals surface area contributed by atoms with Crippen molar-refractivity contribution in [3.63, 3.8) is 0 Å². The molecule has 0 saturated carbocycles. The molecule has 4 aromatic rings. The average molecular weight is 611 g/mol. The van der Waals surface area contributed by atoms with Gasteiger partial charge in [-0.2, -0.15) is 9.40 Å². The first kappa shape index (κ1) is 28.5. The molecule has 0 N–H and O–H groups in total. The molecule has 1 aliphatic carbocycles. The van der Waals surface area contributed by atoms with Gasteiger partial charge in [0, 0.05) is 24.6 Å². The summed E-state index contributed by atoms with van der Waals surface area (Å²) >= 11 is 0. The Morgan fingerprint density at radius 2 is 1.86 bits per heavy atom. The van der Waals surface area contributed by atoms with Crippen LogP contribution >= 0.6 is 9.24 Å². The molecule has 3 heterocycles. The average Bonchev–Trinajstić information content (AvgIpc) is 3.40. The van der Waals surface area contributed by atoms with E-state index >= 15 is 0 Å². The molecule has 2 aliphatic rings. The van der Waals surface area contributed by atoms with Gasteiger partial charge in [-0.05, 0) is 85.0 Å². The quantitative estimate of drug-likeness (QED) is 0.235. The highest BCUT2D eigenvalue weighted by Gasteiger charge is 2.51. The fraction of sp³-hybridized carbons (Fsp3) is 0.233. The number of hydrogen-bond acceptors (Lipinski definition) is 5. The Morgan fingerprint density at radius 1 is 1.10 bits per heavy atom. The Bertz CT molecular complexity index is 1850. The van der Waals surface area contributed by atoms with Crippen molar-refractivity contribution < 1.29 is 26.4 Å². The molecule has 2 aromatic heterocycles. The summed E-state index contributed by atoms with van der Waals surface area (Å²) < 4.78 is 72.2. The third kappa shape index (κ3) is 4.69. The lowest BCUT2D eigenvalue weighted by Gasteiger charge is -2.44. The number of piperidine rings is 1. The second kappa shape index (κ2) is 10.6. The maximum Gasteiger partial charge on any atom is 0.243 e. The summed E-state index contributed by atoms with van der Waals surface area (Å²) in [6.07, 6.45) is 6.08. The number of ketones is 1. The summed E-state index contributed by atoms with van der Waals surface area (Å²) in [5, 5.41) is 4.29. The van der Waals surface area contributed by atoms with Crippen molar-refractivity contribution in [2.75, 3.05) is 13.1 Å². The van der Waals surface area contributed by atoms with Gasteiger partial charge in [0.05, 0.1) is 27.9 Å². The van der Waals surface area contributed by atoms with E-state index < -0.39 is 32.0 Å². The summed E-state index contributed by atoms with van der Waals surface area (Å²) in [7, 11) is -2.30. The number of nitrogens with zero attached hydrogens (tertiary/aromatic N) is 4. The number of carbonyl (C=O) groups excluding carboxylic acids is 1. The normalized spacial score (nSPS) is 18.7. The Kier molecular flexibility index (Phi) is 7.15. The SMILES string of the molecule is CCc1ccnc(C(=O)[C@]23Cc4cnn(-c5ccc(F)cc5)c4C=C2CCN(S(=O)(=O)c2cc(F)c(F)c(P)c2)C3)c1. The number of aryl methyl sites for hydroxylation is 1. The van der Waals surface area contributed by atoms with Gasteiger partial charge in [-0.25, -0.2) is 26.3 Å². The maximum atomic E-state index is 14.4. The van der Waals surface area contributed by atoms with Crippen molar-refractivity contribution >= 4 is 36.4 Å². The minimum Gasteiger partial charge on any atom is -0.291 e. The number of sulfonamides is 1. The molecule has 216 valence electrons. The molecule has 1 aliphatic heterocycles. The van der Waals surface area contributed by atoms with E-state index in [4.69, 9.17) is 0 Å². The number of rotatable bonds is 6. The summed E-state index contributed by atoms with van der Waals surface area (Å²) in [4.78, 5) is 18.4. The predicted octanol–water partition coefficient (Wildman–Crippen LogP) is 4.65. The minimum atomic E-state index is -4.30. The van der Waals surface area contributed by atoms with Gasteiger partial charge in [0.2, 0.25) is 10.0 Å². The smallest absolute Gasteiger partial charge is 0.243 e. The van der Waals surface area contributed by atoms with Gasteiger partial charge in [-0.15, -0.1) is 9.24 Å². The number of pyridine rings is 1. The van der Waals surface area contributed by atoms with Gasteiger partial charge < -0.3 is 0 Å². The third-order valence-corrected chi connectivity index (χ3v) is 10.3. The van der Waals surface area contributed by atoms with Crippen molar-refractivity contribution in [2.24, 2.45) is 5.41 Å². The van der Waals surface area contributed by atoms with Crippen LogP contribution in [0.5, 0.6) is 0 Å². The molecule has 1 saturated heterocycles. The highest BCUT2D eigenvalue weighted by atomic mass is 32.2. The van der Waals surface area contributed by atoms with E-state index in [0.29, 0.717) is 23.7 Å². The zero-order chi connectivity index (χ0) is 29.8. The molecule has 12 heteroatoms. The van der Waals surface area contributed by atoms with E-state index in [-0.39, 0.29) is 48.5 Å². The van der Waals surface area contributed by atoms with E-state index in [9.17, 15) is 26.4 Å². The van der Waals surface area contributed by atoms with Crippen molar-refractivity contribution in [1.29, 1.82) is 0 Å². The lowest BCUT2D eigenvalue weighted by Crippen LogP contribution is -2.53. The van der Waals surface area contributed by atoms with Crippen molar-refractivity contribution in [2.45, 2.75) is 31.1 Å². The largest absolute Gasteiger partial charge is 0.291 e. The van der Waals surface area contributed by atoms with Gasteiger partial charge in [0.1, 0.15) is 11.5 Å². The van der Waals surface area contributed by atoms with E-state index in [0.717, 1.165) is 27.2 Å². The number of benzene rings is 2. The summed E-state index contributed by atoms with van der Waals surface area (Å²) in [5.74, 6) is -3.14. The topological polar surface area (TPSA) is 85.2 Å². The van der Waals surface area contributed by atoms with Crippen LogP contribution in [-0.4, -0.2) is 46.4 Å². The third-order valence-electron chi connectivity index (χ3n) is 8.02. The first-order valence-corrected chi connectivity index (χ1v) is 15.3. The fourth-order valence-electron chi connectivity index (χ4n) is 5.75. The number of fused-ring (bicyclic) bond motifs is 2. The molecule has 2 atom stereocenters. The van der Waals surface area contributed by atoms with E-state index in [1.54, 1.807) is 35.3 Å². The number of carbonyl (C=O) groups is 1. The Balaban J connectivity index is 1.46. The lowest BCUT2D eigenvalue weighted by atomic mass is 9.65. The molecular weight excluding hydrogens is 584 g/mol. The van der Waals surface area contributed by atoms with Gasteiger partial charge in [0.25, 0.3) is 0 Å². The second-order valence-electron chi connectivity index (χ2n) is 10.5. The molecule has 7 nitrogen and oxygen atoms in total. The van der Waals surface area contributed by atoms with E-state index in [2.05, 4.69) is 10.1 Å². The molecule has 2 aromatic carbocycles. The lowest BCUT2D eigenvalue weighted by molar-refractivity contribution is 0.0770. The minimum absolute atomic E-state index is 0.0246. The Hall–Kier alpha value is -3.66. The fourth-order valence-corrected chi connectivity index (χ4v) is 7.74. The van der Waals surface area contributed by atoms with E-state index in [1.807, 2.05) is 28.3 Å². The van der Waals surface area contributed by atoms with Crippen LogP contribution in [0.1, 0.15) is 40.7 Å². The van der Waals surface area contributed by atoms with Crippen molar-refractivity contribution in [3.05, 3.63) is 106 Å². The molecule has 42 heavy (non-hydrogen) atoms. The molecule has 1 fully saturated rings. The van der Waals surface area contributed by atoms with Crippen LogP contribution < -0.4 is 5.30 Å². The molecule has 0 radical (unpaired) electrons. The van der Waals surface area contributed by atoms with Gasteiger partial charge in [-0.3, -0.25) is 9.78 Å². The zero-order valence-electron chi connectivity index (χ0n) is 22.5. The molecular formula is C30H26F3N4O3PS. The highest BCUT2D eigenvalue weighted by molar-refractivity contribution is 7.89. The van der Waals surface area contributed by atoms with Crippen LogP contribution in [0.2, 0.25) is 0 Å². The van der Waals surface area contributed by atoms with Crippen LogP contribution in [0.4, 0.5) is 13.2 Å². The number of hydrogen-bond donors (Lipinski definition) is 0. The van der Waals surface area contributed by atoms with Gasteiger partial charge in [-0.1, -0.05) is 12.5 Å². The molecule has 6 rings (SSSR count). The molecule has 0 bridgehead atoms. The van der Waals surface area contributed by atoms with Crippen molar-refractivity contribution in [1.82, 2.24) is 19.1 Å². The Morgan fingerprint density at radius 3 is 2.57 bits per heavy atom. The summed E-state index contributed by atoms with van der Waals surface area (Å²) in [6, 6.07) is 11.1. The highest BCUT2D eigenvalue weighted by Crippen LogP contribution is 2.47. The van der Waals surface area contributed by atoms with Crippen LogP contribution in [0.3, 0.4) is 0 Å². The van der Waals surface area contributed by atoms with Crippen LogP contribution in [0, 0.1) is 22.9 Å². The first-order valence-electron chi connectivity index (χ1n) is 13.3. The standard InChI is InChI=1S/C30H26F3N4O3PS/c1-2-18-7-9-34-25(11-18)29(38)30-15-19-16-35-37(22-5-3-21(31)4-6-22)26(19)12-20(30)8-10-36(17-30)42(39,40)23-13-24(32)28(33)27(41)14-23/h3-7,9,11-14,16H,2,8,10,15,17,41H2,1H3/t30-/m0/s1. The first-order chi connectivity index (χ1) is 20.0. The number of halogens is 3. The maximum absolute atomic E-state index is 14.4. The van der Waals surface area contributed by atoms with Crippen molar-refractivity contribution in [3.8, 4) is 5.69 Å². The van der Waals surface area contributed by atoms with Crippen LogP contribution in [-0.2, 0) is 22.9 Å². The number of aromatic nitrogens is 3.